The number of pyridine rings is 2. The average molecular weight is 228 g/mol. The van der Waals surface area contributed by atoms with Crippen molar-refractivity contribution < 1.29 is 4.74 Å². The van der Waals surface area contributed by atoms with E-state index in [1.165, 1.54) is 5.56 Å². The number of ether oxygens (including phenoxy) is 1. The third-order valence-electron chi connectivity index (χ3n) is 2.86. The summed E-state index contributed by atoms with van der Waals surface area (Å²) in [6, 6.07) is 4.12. The average Bonchev–Trinajstić information content (AvgIpc) is 2.34. The summed E-state index contributed by atoms with van der Waals surface area (Å²) in [6.07, 6.45) is 5.53. The maximum absolute atomic E-state index is 5.20. The fraction of sp³-hybridized carbons (Fsp3) is 0.286. The standard InChI is InChI=1S/C14H16N2O/c1-10-6-13(7-16-11(10)2)14-8-15-5-4-12(14)9-17-3/h4-8H,9H2,1-3H3. The summed E-state index contributed by atoms with van der Waals surface area (Å²) in [7, 11) is 1.70. The summed E-state index contributed by atoms with van der Waals surface area (Å²) in [5, 5.41) is 0. The second-order valence-corrected chi connectivity index (χ2v) is 4.09. The zero-order valence-electron chi connectivity index (χ0n) is 10.4. The van der Waals surface area contributed by atoms with Crippen LogP contribution in [0.3, 0.4) is 0 Å². The number of nitrogens with zero attached hydrogens (tertiary/aromatic N) is 2. The van der Waals surface area contributed by atoms with Crippen molar-refractivity contribution in [1.82, 2.24) is 9.97 Å². The molecule has 0 N–H and O–H groups in total. The maximum atomic E-state index is 5.20. The van der Waals surface area contributed by atoms with Crippen molar-refractivity contribution in [2.24, 2.45) is 0 Å². The van der Waals surface area contributed by atoms with Gasteiger partial charge in [-0.05, 0) is 37.1 Å². The van der Waals surface area contributed by atoms with Crippen molar-refractivity contribution >= 4 is 0 Å². The molecule has 0 aliphatic rings. The Morgan fingerprint density at radius 3 is 2.76 bits per heavy atom. The van der Waals surface area contributed by atoms with Crippen LogP contribution in [0.4, 0.5) is 0 Å². The Balaban J connectivity index is 2.48. The van der Waals surface area contributed by atoms with Gasteiger partial charge in [-0.3, -0.25) is 9.97 Å². The third-order valence-corrected chi connectivity index (χ3v) is 2.86. The van der Waals surface area contributed by atoms with E-state index < -0.39 is 0 Å². The highest BCUT2D eigenvalue weighted by molar-refractivity contribution is 5.66. The molecule has 0 fully saturated rings. The molecule has 88 valence electrons. The van der Waals surface area contributed by atoms with Crippen LogP contribution < -0.4 is 0 Å². The molecule has 2 aromatic heterocycles. The van der Waals surface area contributed by atoms with Crippen LogP contribution in [0.1, 0.15) is 16.8 Å². The number of methoxy groups -OCH3 is 1. The number of hydrogen-bond acceptors (Lipinski definition) is 3. The van der Waals surface area contributed by atoms with E-state index in [9.17, 15) is 0 Å². The van der Waals surface area contributed by atoms with E-state index >= 15 is 0 Å². The monoisotopic (exact) mass is 228 g/mol. The minimum Gasteiger partial charge on any atom is -0.380 e. The van der Waals surface area contributed by atoms with Gasteiger partial charge in [0, 0.05) is 42.5 Å². The van der Waals surface area contributed by atoms with Gasteiger partial charge in [0.1, 0.15) is 0 Å². The lowest BCUT2D eigenvalue weighted by atomic mass is 10.0. The number of rotatable bonds is 3. The first-order valence-corrected chi connectivity index (χ1v) is 5.58. The molecule has 0 spiro atoms. The van der Waals surface area contributed by atoms with E-state index in [0.717, 1.165) is 22.4 Å². The highest BCUT2D eigenvalue weighted by Gasteiger charge is 2.06. The van der Waals surface area contributed by atoms with Gasteiger partial charge in [-0.15, -0.1) is 0 Å². The maximum Gasteiger partial charge on any atom is 0.0720 e. The van der Waals surface area contributed by atoms with Crippen LogP contribution >= 0.6 is 0 Å². The molecule has 0 aliphatic heterocycles. The lowest BCUT2D eigenvalue weighted by molar-refractivity contribution is 0.185. The van der Waals surface area contributed by atoms with Crippen LogP contribution in [-0.4, -0.2) is 17.1 Å². The predicted molar refractivity (Wildman–Crippen MR) is 67.7 cm³/mol. The van der Waals surface area contributed by atoms with Crippen molar-refractivity contribution in [2.75, 3.05) is 7.11 Å². The van der Waals surface area contributed by atoms with Crippen LogP contribution in [0.15, 0.2) is 30.7 Å². The van der Waals surface area contributed by atoms with Crippen LogP contribution in [0, 0.1) is 13.8 Å². The van der Waals surface area contributed by atoms with Gasteiger partial charge in [0.2, 0.25) is 0 Å². The zero-order valence-corrected chi connectivity index (χ0v) is 10.4. The smallest absolute Gasteiger partial charge is 0.0720 e. The molecule has 0 atom stereocenters. The number of hydrogen-bond donors (Lipinski definition) is 0. The molecule has 17 heavy (non-hydrogen) atoms. The minimum absolute atomic E-state index is 0.588. The summed E-state index contributed by atoms with van der Waals surface area (Å²) < 4.78 is 5.20. The topological polar surface area (TPSA) is 35.0 Å². The Labute approximate surface area is 102 Å². The largest absolute Gasteiger partial charge is 0.380 e. The van der Waals surface area contributed by atoms with Gasteiger partial charge in [-0.25, -0.2) is 0 Å². The van der Waals surface area contributed by atoms with Gasteiger partial charge in [-0.1, -0.05) is 0 Å². The van der Waals surface area contributed by atoms with E-state index in [0.29, 0.717) is 6.61 Å². The Kier molecular flexibility index (Phi) is 3.49. The molecular formula is C14H16N2O. The first-order valence-electron chi connectivity index (χ1n) is 5.58. The molecule has 0 aromatic carbocycles. The molecule has 3 heteroatoms. The number of aryl methyl sites for hydroxylation is 2. The Morgan fingerprint density at radius 2 is 2.06 bits per heavy atom. The molecule has 2 aromatic rings. The Hall–Kier alpha value is -1.74. The first kappa shape index (κ1) is 11.7. The van der Waals surface area contributed by atoms with Crippen LogP contribution in [0.5, 0.6) is 0 Å². The second-order valence-electron chi connectivity index (χ2n) is 4.09. The fourth-order valence-electron chi connectivity index (χ4n) is 1.76. The normalized spacial score (nSPS) is 10.5. The SMILES string of the molecule is COCc1ccncc1-c1cnc(C)c(C)c1. The van der Waals surface area contributed by atoms with E-state index in [-0.39, 0.29) is 0 Å². The molecular weight excluding hydrogens is 212 g/mol. The van der Waals surface area contributed by atoms with E-state index in [1.807, 2.05) is 25.4 Å². The number of aromatic nitrogens is 2. The summed E-state index contributed by atoms with van der Waals surface area (Å²) in [6.45, 7) is 4.67. The summed E-state index contributed by atoms with van der Waals surface area (Å²) in [4.78, 5) is 8.56. The third kappa shape index (κ3) is 2.50. The van der Waals surface area contributed by atoms with E-state index in [2.05, 4.69) is 23.0 Å². The minimum atomic E-state index is 0.588. The predicted octanol–water partition coefficient (Wildman–Crippen LogP) is 2.91. The lowest BCUT2D eigenvalue weighted by Gasteiger charge is -2.09. The summed E-state index contributed by atoms with van der Waals surface area (Å²) in [5.74, 6) is 0. The van der Waals surface area contributed by atoms with Crippen LogP contribution in [0.2, 0.25) is 0 Å². The van der Waals surface area contributed by atoms with Crippen molar-refractivity contribution in [3.8, 4) is 11.1 Å². The summed E-state index contributed by atoms with van der Waals surface area (Å²) >= 11 is 0. The fourth-order valence-corrected chi connectivity index (χ4v) is 1.76. The highest BCUT2D eigenvalue weighted by atomic mass is 16.5. The second kappa shape index (κ2) is 5.06. The van der Waals surface area contributed by atoms with Crippen LogP contribution in [-0.2, 0) is 11.3 Å². The van der Waals surface area contributed by atoms with Crippen molar-refractivity contribution in [3.63, 3.8) is 0 Å². The zero-order chi connectivity index (χ0) is 12.3. The van der Waals surface area contributed by atoms with E-state index in [4.69, 9.17) is 4.74 Å². The molecule has 0 bridgehead atoms. The van der Waals surface area contributed by atoms with Gasteiger partial charge in [-0.2, -0.15) is 0 Å². The van der Waals surface area contributed by atoms with Gasteiger partial charge in [0.05, 0.1) is 6.61 Å². The molecule has 0 unspecified atom stereocenters. The molecule has 0 saturated heterocycles. The first-order chi connectivity index (χ1) is 8.22. The molecule has 2 heterocycles. The Bertz CT molecular complexity index is 523. The Morgan fingerprint density at radius 1 is 1.24 bits per heavy atom. The van der Waals surface area contributed by atoms with Crippen molar-refractivity contribution in [2.45, 2.75) is 20.5 Å². The molecule has 2 rings (SSSR count). The van der Waals surface area contributed by atoms with E-state index in [1.54, 1.807) is 13.3 Å². The molecule has 0 amide bonds. The van der Waals surface area contributed by atoms with Crippen LogP contribution in [0.25, 0.3) is 11.1 Å². The quantitative estimate of drug-likeness (QED) is 0.810. The molecule has 0 aliphatic carbocycles. The van der Waals surface area contributed by atoms with Gasteiger partial charge >= 0.3 is 0 Å². The lowest BCUT2D eigenvalue weighted by Crippen LogP contribution is -1.95. The van der Waals surface area contributed by atoms with Gasteiger partial charge in [0.15, 0.2) is 0 Å². The van der Waals surface area contributed by atoms with Gasteiger partial charge in [0.25, 0.3) is 0 Å². The van der Waals surface area contributed by atoms with Crippen molar-refractivity contribution in [3.05, 3.63) is 47.5 Å². The van der Waals surface area contributed by atoms with Gasteiger partial charge < -0.3 is 4.74 Å². The molecule has 0 saturated carbocycles. The highest BCUT2D eigenvalue weighted by Crippen LogP contribution is 2.24. The molecule has 0 radical (unpaired) electrons. The summed E-state index contributed by atoms with van der Waals surface area (Å²) in [5.41, 5.74) is 5.56. The van der Waals surface area contributed by atoms with Crippen molar-refractivity contribution in [1.29, 1.82) is 0 Å². The molecule has 3 nitrogen and oxygen atoms in total.